The second-order valence-electron chi connectivity index (χ2n) is 6.75. The zero-order valence-corrected chi connectivity index (χ0v) is 16.0. The minimum atomic E-state index is -1.28. The van der Waals surface area contributed by atoms with Crippen LogP contribution in [0.5, 0.6) is 5.75 Å². The van der Waals surface area contributed by atoms with E-state index in [4.69, 9.17) is 25.8 Å². The van der Waals surface area contributed by atoms with E-state index in [-0.39, 0.29) is 5.91 Å². The first-order valence-corrected chi connectivity index (χ1v) is 9.58. The Labute approximate surface area is 163 Å². The van der Waals surface area contributed by atoms with Gasteiger partial charge >= 0.3 is 0 Å². The highest BCUT2D eigenvalue weighted by Gasteiger charge is 2.55. The molecule has 1 spiro atoms. The van der Waals surface area contributed by atoms with Gasteiger partial charge in [-0.15, -0.1) is 0 Å². The van der Waals surface area contributed by atoms with Gasteiger partial charge in [-0.3, -0.25) is 4.79 Å². The molecule has 0 bridgehead atoms. The van der Waals surface area contributed by atoms with Crippen LogP contribution >= 0.6 is 11.6 Å². The van der Waals surface area contributed by atoms with E-state index >= 15 is 0 Å². The number of nitrogens with zero attached hydrogens (tertiary/aromatic N) is 1. The van der Waals surface area contributed by atoms with Gasteiger partial charge in [0.1, 0.15) is 5.75 Å². The third kappa shape index (κ3) is 3.31. The van der Waals surface area contributed by atoms with E-state index in [0.29, 0.717) is 37.8 Å². The number of rotatable bonds is 5. The SMILES string of the molecule is Cc1cccc2c1N(CCCOc1ccc(Cl)cc1)C(=O)C21OCCCO1. The summed E-state index contributed by atoms with van der Waals surface area (Å²) in [5, 5.41) is 0.676. The van der Waals surface area contributed by atoms with Crippen LogP contribution < -0.4 is 9.64 Å². The van der Waals surface area contributed by atoms with Gasteiger partial charge in [0.05, 0.1) is 25.5 Å². The standard InChI is InChI=1S/C21H22ClNO4/c1-15-5-2-6-18-19(15)23(20(24)21(18)26-13-4-14-27-21)11-3-12-25-17-9-7-16(22)8-10-17/h2,5-10H,3-4,11-14H2,1H3. The van der Waals surface area contributed by atoms with E-state index in [1.54, 1.807) is 17.0 Å². The maximum Gasteiger partial charge on any atom is 0.292 e. The highest BCUT2D eigenvalue weighted by atomic mass is 35.5. The van der Waals surface area contributed by atoms with Crippen molar-refractivity contribution < 1.29 is 19.0 Å². The minimum absolute atomic E-state index is 0.141. The van der Waals surface area contributed by atoms with Crippen molar-refractivity contribution in [3.05, 3.63) is 58.6 Å². The van der Waals surface area contributed by atoms with Gasteiger partial charge in [-0.25, -0.2) is 0 Å². The van der Waals surface area contributed by atoms with E-state index in [1.807, 2.05) is 37.3 Å². The van der Waals surface area contributed by atoms with Crippen LogP contribution in [0, 0.1) is 6.92 Å². The molecule has 2 heterocycles. The van der Waals surface area contributed by atoms with Gasteiger partial charge < -0.3 is 19.1 Å². The topological polar surface area (TPSA) is 48.0 Å². The molecule has 27 heavy (non-hydrogen) atoms. The largest absolute Gasteiger partial charge is 0.494 e. The van der Waals surface area contributed by atoms with Crippen LogP contribution in [-0.2, 0) is 20.1 Å². The zero-order valence-electron chi connectivity index (χ0n) is 15.2. The van der Waals surface area contributed by atoms with E-state index in [9.17, 15) is 4.79 Å². The number of amides is 1. The molecule has 0 saturated carbocycles. The van der Waals surface area contributed by atoms with E-state index in [1.165, 1.54) is 0 Å². The van der Waals surface area contributed by atoms with Crippen molar-refractivity contribution in [3.8, 4) is 5.75 Å². The lowest BCUT2D eigenvalue weighted by molar-refractivity contribution is -0.256. The van der Waals surface area contributed by atoms with E-state index in [0.717, 1.165) is 29.0 Å². The Bertz CT molecular complexity index is 831. The van der Waals surface area contributed by atoms with Crippen LogP contribution in [0.4, 0.5) is 5.69 Å². The zero-order chi connectivity index (χ0) is 18.9. The van der Waals surface area contributed by atoms with Gasteiger partial charge in [-0.2, -0.15) is 0 Å². The number of benzene rings is 2. The molecule has 2 aliphatic heterocycles. The Morgan fingerprint density at radius 2 is 1.89 bits per heavy atom. The monoisotopic (exact) mass is 387 g/mol. The Morgan fingerprint density at radius 1 is 1.15 bits per heavy atom. The average molecular weight is 388 g/mol. The van der Waals surface area contributed by atoms with Gasteiger partial charge in [0.2, 0.25) is 0 Å². The van der Waals surface area contributed by atoms with Crippen molar-refractivity contribution in [1.82, 2.24) is 0 Å². The molecule has 4 rings (SSSR count). The molecule has 0 N–H and O–H groups in total. The van der Waals surface area contributed by atoms with Gasteiger partial charge in [-0.05, 0) is 49.6 Å². The van der Waals surface area contributed by atoms with Gasteiger partial charge in [0.25, 0.3) is 11.7 Å². The molecule has 2 aromatic rings. The van der Waals surface area contributed by atoms with Gasteiger partial charge in [0, 0.05) is 17.1 Å². The van der Waals surface area contributed by atoms with Crippen molar-refractivity contribution in [3.63, 3.8) is 0 Å². The first kappa shape index (κ1) is 18.3. The number of aryl methyl sites for hydroxylation is 1. The number of carbonyl (C=O) groups excluding carboxylic acids is 1. The van der Waals surface area contributed by atoms with Crippen molar-refractivity contribution in [1.29, 1.82) is 0 Å². The lowest BCUT2D eigenvalue weighted by Gasteiger charge is -2.32. The maximum atomic E-state index is 13.2. The van der Waals surface area contributed by atoms with Crippen LogP contribution in [0.3, 0.4) is 0 Å². The molecular weight excluding hydrogens is 366 g/mol. The summed E-state index contributed by atoms with van der Waals surface area (Å²) in [6.45, 7) is 4.09. The fourth-order valence-corrected chi connectivity index (χ4v) is 3.77. The molecule has 142 valence electrons. The lowest BCUT2D eigenvalue weighted by atomic mass is 10.0. The van der Waals surface area contributed by atoms with Gasteiger partial charge in [-0.1, -0.05) is 29.8 Å². The van der Waals surface area contributed by atoms with Crippen LogP contribution in [0.1, 0.15) is 24.0 Å². The second kappa shape index (κ2) is 7.50. The fraction of sp³-hybridized carbons (Fsp3) is 0.381. The predicted octanol–water partition coefficient (Wildman–Crippen LogP) is 4.05. The number of anilines is 1. The van der Waals surface area contributed by atoms with Crippen LogP contribution in [0.2, 0.25) is 5.02 Å². The third-order valence-corrected chi connectivity index (χ3v) is 5.15. The van der Waals surface area contributed by atoms with Crippen LogP contribution in [-0.4, -0.2) is 32.3 Å². The molecule has 2 aliphatic rings. The first-order chi connectivity index (χ1) is 13.1. The number of hydrogen-bond donors (Lipinski definition) is 0. The van der Waals surface area contributed by atoms with E-state index in [2.05, 4.69) is 0 Å². The third-order valence-electron chi connectivity index (χ3n) is 4.90. The molecule has 0 aliphatic carbocycles. The summed E-state index contributed by atoms with van der Waals surface area (Å²) in [5.74, 6) is -0.659. The van der Waals surface area contributed by atoms with E-state index < -0.39 is 5.79 Å². The number of ether oxygens (including phenoxy) is 3. The molecule has 0 radical (unpaired) electrons. The highest BCUT2D eigenvalue weighted by molar-refractivity contribution is 6.30. The molecule has 0 aromatic heterocycles. The summed E-state index contributed by atoms with van der Waals surface area (Å²) in [4.78, 5) is 15.0. The Morgan fingerprint density at radius 3 is 2.63 bits per heavy atom. The summed E-state index contributed by atoms with van der Waals surface area (Å²) in [7, 11) is 0. The Kier molecular flexibility index (Phi) is 5.08. The lowest BCUT2D eigenvalue weighted by Crippen LogP contribution is -2.47. The summed E-state index contributed by atoms with van der Waals surface area (Å²) >= 11 is 5.89. The molecular formula is C21H22ClNO4. The summed E-state index contributed by atoms with van der Waals surface area (Å²) < 4.78 is 17.5. The van der Waals surface area contributed by atoms with Crippen molar-refractivity contribution in [2.45, 2.75) is 25.6 Å². The molecule has 1 saturated heterocycles. The molecule has 2 aromatic carbocycles. The Balaban J connectivity index is 1.48. The maximum absolute atomic E-state index is 13.2. The number of para-hydroxylation sites is 1. The number of fused-ring (bicyclic) bond motifs is 2. The minimum Gasteiger partial charge on any atom is -0.494 e. The van der Waals surface area contributed by atoms with Crippen LogP contribution in [0.25, 0.3) is 0 Å². The molecule has 0 unspecified atom stereocenters. The van der Waals surface area contributed by atoms with Crippen molar-refractivity contribution in [2.24, 2.45) is 0 Å². The van der Waals surface area contributed by atoms with Crippen molar-refractivity contribution in [2.75, 3.05) is 31.3 Å². The second-order valence-corrected chi connectivity index (χ2v) is 7.19. The predicted molar refractivity (Wildman–Crippen MR) is 103 cm³/mol. The average Bonchev–Trinajstić information content (AvgIpc) is 2.91. The van der Waals surface area contributed by atoms with Gasteiger partial charge in [0.15, 0.2) is 0 Å². The normalized spacial score (nSPS) is 18.0. The fourth-order valence-electron chi connectivity index (χ4n) is 3.65. The first-order valence-electron chi connectivity index (χ1n) is 9.20. The smallest absolute Gasteiger partial charge is 0.292 e. The summed E-state index contributed by atoms with van der Waals surface area (Å²) in [5.41, 5.74) is 2.75. The molecule has 1 amide bonds. The Hall–Kier alpha value is -2.08. The summed E-state index contributed by atoms with van der Waals surface area (Å²) in [6.07, 6.45) is 1.49. The summed E-state index contributed by atoms with van der Waals surface area (Å²) in [6, 6.07) is 13.1. The molecule has 1 fully saturated rings. The molecule has 6 heteroatoms. The highest BCUT2D eigenvalue weighted by Crippen LogP contribution is 2.46. The molecule has 5 nitrogen and oxygen atoms in total. The van der Waals surface area contributed by atoms with Crippen LogP contribution in [0.15, 0.2) is 42.5 Å². The molecule has 0 atom stereocenters. The number of halogens is 1. The number of carbonyl (C=O) groups is 1. The quantitative estimate of drug-likeness (QED) is 0.726. The number of hydrogen-bond acceptors (Lipinski definition) is 4. The van der Waals surface area contributed by atoms with Crippen molar-refractivity contribution >= 4 is 23.2 Å².